The highest BCUT2D eigenvalue weighted by Crippen LogP contribution is 2.33. The third-order valence-corrected chi connectivity index (χ3v) is 3.04. The number of benzene rings is 1. The molecule has 2 nitrogen and oxygen atoms in total. The lowest BCUT2D eigenvalue weighted by molar-refractivity contribution is 0.111. The normalized spacial score (nSPS) is 10.3. The van der Waals surface area contributed by atoms with Crippen molar-refractivity contribution in [3.05, 3.63) is 51.1 Å². The summed E-state index contributed by atoms with van der Waals surface area (Å²) < 4.78 is 0. The van der Waals surface area contributed by atoms with E-state index in [0.29, 0.717) is 38.3 Å². The summed E-state index contributed by atoms with van der Waals surface area (Å²) in [5.74, 6) is 0. The number of rotatable bonds is 2. The molecule has 0 bridgehead atoms. The van der Waals surface area contributed by atoms with Gasteiger partial charge in [0.05, 0.1) is 15.7 Å². The summed E-state index contributed by atoms with van der Waals surface area (Å²) in [5.41, 5.74) is 1.34. The SMILES string of the molecule is O=Cc1ccc(Cl)c(-c2cc(Cl)ccc2Cl)n1. The Kier molecular flexibility index (Phi) is 3.67. The Morgan fingerprint density at radius 3 is 2.41 bits per heavy atom. The number of pyridine rings is 1. The minimum Gasteiger partial charge on any atom is -0.296 e. The van der Waals surface area contributed by atoms with Crippen molar-refractivity contribution in [1.82, 2.24) is 4.98 Å². The van der Waals surface area contributed by atoms with Gasteiger partial charge in [-0.25, -0.2) is 4.98 Å². The zero-order valence-corrected chi connectivity index (χ0v) is 10.7. The summed E-state index contributed by atoms with van der Waals surface area (Å²) in [6.45, 7) is 0. The van der Waals surface area contributed by atoms with Gasteiger partial charge in [0.2, 0.25) is 0 Å². The fourth-order valence-electron chi connectivity index (χ4n) is 1.39. The zero-order chi connectivity index (χ0) is 12.4. The molecule has 1 aromatic carbocycles. The molecule has 0 aliphatic carbocycles. The Morgan fingerprint density at radius 2 is 1.71 bits per heavy atom. The van der Waals surface area contributed by atoms with Gasteiger partial charge < -0.3 is 0 Å². The average Bonchev–Trinajstić information content (AvgIpc) is 2.33. The standard InChI is InChI=1S/C12H6Cl3NO/c13-7-1-3-10(14)9(5-7)12-11(15)4-2-8(6-17)16-12/h1-6H. The number of hydrogen-bond acceptors (Lipinski definition) is 2. The van der Waals surface area contributed by atoms with Crippen molar-refractivity contribution in [3.8, 4) is 11.3 Å². The van der Waals surface area contributed by atoms with E-state index in [0.717, 1.165) is 0 Å². The van der Waals surface area contributed by atoms with Crippen molar-refractivity contribution in [2.75, 3.05) is 0 Å². The van der Waals surface area contributed by atoms with Crippen LogP contribution in [0.15, 0.2) is 30.3 Å². The van der Waals surface area contributed by atoms with E-state index < -0.39 is 0 Å². The number of aldehydes is 1. The second kappa shape index (κ2) is 5.05. The fraction of sp³-hybridized carbons (Fsp3) is 0. The van der Waals surface area contributed by atoms with Crippen LogP contribution in [-0.2, 0) is 0 Å². The molecule has 0 atom stereocenters. The van der Waals surface area contributed by atoms with Gasteiger partial charge >= 0.3 is 0 Å². The molecule has 0 saturated carbocycles. The Morgan fingerprint density at radius 1 is 1.00 bits per heavy atom. The number of carbonyl (C=O) groups is 1. The molecule has 1 heterocycles. The van der Waals surface area contributed by atoms with Crippen LogP contribution in [0.25, 0.3) is 11.3 Å². The summed E-state index contributed by atoms with van der Waals surface area (Å²) in [6.07, 6.45) is 0.651. The van der Waals surface area contributed by atoms with E-state index in [1.807, 2.05) is 0 Å². The van der Waals surface area contributed by atoms with Crippen molar-refractivity contribution < 1.29 is 4.79 Å². The number of hydrogen-bond donors (Lipinski definition) is 0. The van der Waals surface area contributed by atoms with Crippen molar-refractivity contribution >= 4 is 41.1 Å². The summed E-state index contributed by atoms with van der Waals surface area (Å²) in [5, 5.41) is 1.42. The van der Waals surface area contributed by atoms with Crippen LogP contribution in [0.3, 0.4) is 0 Å². The van der Waals surface area contributed by atoms with Gasteiger partial charge in [0.1, 0.15) is 5.69 Å². The van der Waals surface area contributed by atoms with E-state index in [1.54, 1.807) is 24.3 Å². The molecule has 17 heavy (non-hydrogen) atoms. The van der Waals surface area contributed by atoms with Crippen LogP contribution in [0.1, 0.15) is 10.5 Å². The smallest absolute Gasteiger partial charge is 0.168 e. The molecule has 0 fully saturated rings. The minimum atomic E-state index is 0.292. The molecule has 0 saturated heterocycles. The molecule has 0 aliphatic heterocycles. The molecule has 1 aromatic heterocycles. The Bertz CT molecular complexity index is 584. The molecule has 0 aliphatic rings. The third kappa shape index (κ3) is 2.60. The maximum Gasteiger partial charge on any atom is 0.168 e. The van der Waals surface area contributed by atoms with E-state index in [1.165, 1.54) is 6.07 Å². The van der Waals surface area contributed by atoms with Crippen LogP contribution >= 0.6 is 34.8 Å². The molecule has 5 heteroatoms. The van der Waals surface area contributed by atoms with Gasteiger partial charge in [0.25, 0.3) is 0 Å². The molecule has 0 unspecified atom stereocenters. The minimum absolute atomic E-state index is 0.292. The van der Waals surface area contributed by atoms with Gasteiger partial charge in [0.15, 0.2) is 6.29 Å². The number of halogens is 3. The predicted octanol–water partition coefficient (Wildman–Crippen LogP) is 4.52. The van der Waals surface area contributed by atoms with Crippen LogP contribution in [-0.4, -0.2) is 11.3 Å². The van der Waals surface area contributed by atoms with Crippen LogP contribution in [0.2, 0.25) is 15.1 Å². The van der Waals surface area contributed by atoms with Crippen LogP contribution in [0.5, 0.6) is 0 Å². The highest BCUT2D eigenvalue weighted by molar-refractivity contribution is 6.37. The molecule has 0 N–H and O–H groups in total. The first-order chi connectivity index (χ1) is 8.11. The molecule has 2 aromatic rings. The van der Waals surface area contributed by atoms with Crippen molar-refractivity contribution in [1.29, 1.82) is 0 Å². The van der Waals surface area contributed by atoms with E-state index in [-0.39, 0.29) is 0 Å². The molecule has 0 amide bonds. The second-order valence-corrected chi connectivity index (χ2v) is 4.56. The second-order valence-electron chi connectivity index (χ2n) is 3.31. The fourth-order valence-corrected chi connectivity index (χ4v) is 1.98. The molecule has 86 valence electrons. The van der Waals surface area contributed by atoms with Crippen LogP contribution < -0.4 is 0 Å². The van der Waals surface area contributed by atoms with Gasteiger partial charge in [0, 0.05) is 10.6 Å². The third-order valence-electron chi connectivity index (χ3n) is 2.17. The first-order valence-corrected chi connectivity index (χ1v) is 5.82. The Balaban J connectivity index is 2.66. The summed E-state index contributed by atoms with van der Waals surface area (Å²) >= 11 is 18.0. The molecular weight excluding hydrogens is 280 g/mol. The van der Waals surface area contributed by atoms with Crippen molar-refractivity contribution in [2.45, 2.75) is 0 Å². The van der Waals surface area contributed by atoms with Crippen LogP contribution in [0, 0.1) is 0 Å². The predicted molar refractivity (Wildman–Crippen MR) is 70.1 cm³/mol. The van der Waals surface area contributed by atoms with Crippen molar-refractivity contribution in [3.63, 3.8) is 0 Å². The lowest BCUT2D eigenvalue weighted by Gasteiger charge is -2.07. The van der Waals surface area contributed by atoms with Gasteiger partial charge in [-0.3, -0.25) is 4.79 Å². The molecule has 0 radical (unpaired) electrons. The highest BCUT2D eigenvalue weighted by Gasteiger charge is 2.11. The Labute approximate surface area is 113 Å². The average molecular weight is 287 g/mol. The summed E-state index contributed by atoms with van der Waals surface area (Å²) in [4.78, 5) is 14.8. The maximum absolute atomic E-state index is 10.7. The molecule has 0 spiro atoms. The van der Waals surface area contributed by atoms with Gasteiger partial charge in [-0.15, -0.1) is 0 Å². The Hall–Kier alpha value is -1.09. The van der Waals surface area contributed by atoms with E-state index in [4.69, 9.17) is 34.8 Å². The topological polar surface area (TPSA) is 30.0 Å². The largest absolute Gasteiger partial charge is 0.296 e. The summed E-state index contributed by atoms with van der Waals surface area (Å²) in [6, 6.07) is 8.13. The van der Waals surface area contributed by atoms with Gasteiger partial charge in [-0.1, -0.05) is 34.8 Å². The summed E-state index contributed by atoms with van der Waals surface area (Å²) in [7, 11) is 0. The lowest BCUT2D eigenvalue weighted by Crippen LogP contribution is -1.92. The number of aromatic nitrogens is 1. The number of carbonyl (C=O) groups excluding carboxylic acids is 1. The zero-order valence-electron chi connectivity index (χ0n) is 8.45. The molecular formula is C12H6Cl3NO. The highest BCUT2D eigenvalue weighted by atomic mass is 35.5. The van der Waals surface area contributed by atoms with Gasteiger partial charge in [-0.05, 0) is 30.3 Å². The van der Waals surface area contributed by atoms with E-state index >= 15 is 0 Å². The van der Waals surface area contributed by atoms with E-state index in [2.05, 4.69) is 4.98 Å². The monoisotopic (exact) mass is 285 g/mol. The first kappa shape index (κ1) is 12.4. The number of nitrogens with zero attached hydrogens (tertiary/aromatic N) is 1. The lowest BCUT2D eigenvalue weighted by atomic mass is 10.1. The van der Waals surface area contributed by atoms with E-state index in [9.17, 15) is 4.79 Å². The quantitative estimate of drug-likeness (QED) is 0.760. The van der Waals surface area contributed by atoms with Gasteiger partial charge in [-0.2, -0.15) is 0 Å². The molecule has 2 rings (SSSR count). The first-order valence-electron chi connectivity index (χ1n) is 4.69. The van der Waals surface area contributed by atoms with Crippen LogP contribution in [0.4, 0.5) is 0 Å². The van der Waals surface area contributed by atoms with Crippen molar-refractivity contribution in [2.24, 2.45) is 0 Å². The maximum atomic E-state index is 10.7.